The molecule has 6 heterocycles. The molecule has 2 radical (unpaired) electrons. The number of nitrogens with zero attached hydrogens (tertiary/aromatic N) is 6. The second kappa shape index (κ2) is 38.2. The number of aromatic nitrogens is 4. The van der Waals surface area contributed by atoms with Crippen molar-refractivity contribution in [3.05, 3.63) is 361 Å². The summed E-state index contributed by atoms with van der Waals surface area (Å²) >= 11 is 0. The zero-order valence-corrected chi connectivity index (χ0v) is 64.6. The molecule has 2 fully saturated rings. The van der Waals surface area contributed by atoms with Gasteiger partial charge in [0.25, 0.3) is 11.8 Å². The van der Waals surface area contributed by atoms with Gasteiger partial charge in [0.2, 0.25) is 23.6 Å². The fourth-order valence-electron chi connectivity index (χ4n) is 12.5. The summed E-state index contributed by atoms with van der Waals surface area (Å²) in [6.07, 6.45) is 18.8. The molecule has 6 N–H and O–H groups in total. The van der Waals surface area contributed by atoms with Crippen molar-refractivity contribution in [3.8, 4) is 34.3 Å². The van der Waals surface area contributed by atoms with Crippen LogP contribution in [-0.4, -0.2) is 91.3 Å². The second-order valence-corrected chi connectivity index (χ2v) is 25.0. The minimum absolute atomic E-state index is 0. The zero-order valence-electron chi connectivity index (χ0n) is 59.7. The Bertz CT molecular complexity index is 5200. The molecular weight excluding hydrogens is 1690 g/mol. The van der Waals surface area contributed by atoms with Crippen LogP contribution in [0.25, 0.3) is 34.3 Å². The third kappa shape index (κ3) is 19.1. The van der Waals surface area contributed by atoms with E-state index in [0.717, 1.165) is 9.80 Å². The van der Waals surface area contributed by atoms with Crippen LogP contribution in [-0.2, 0) is 19.2 Å². The van der Waals surface area contributed by atoms with Crippen LogP contribution in [0.5, 0.6) is 11.5 Å². The molecule has 6 amide bonds. The predicted molar refractivity (Wildman–Crippen MR) is 420 cm³/mol. The molecule has 0 bridgehead atoms. The Kier molecular flexibility index (Phi) is 27.6. The number of ether oxygens (including phenoxy) is 2. The molecule has 11 aromatic rings. The molecule has 4 aromatic heterocycles. The average Bonchev–Trinajstić information content (AvgIpc) is 1.60. The van der Waals surface area contributed by atoms with Gasteiger partial charge in [-0.05, 0) is 109 Å². The number of rotatable bonds is 20. The number of nitrogens with one attached hydrogen (secondary N) is 4. The number of fused-ring (bicyclic) bond motifs is 2. The summed E-state index contributed by atoms with van der Waals surface area (Å²) < 4.78 is 12.8. The third-order valence-corrected chi connectivity index (χ3v) is 17.9. The SMILES string of the molecule is CNc1cc(C(=O)Nc2cccnc2-c2ccccn2)cc(N2C(=O)C3C=CC=C(Oc4cccc(OC5=CC=CC6C(=O)N(c7cc(NC)cc(C(=O)Nc8cccnc8-c8ccccn8)c7)C(=O)C56)c4)C3C2=O)c1.O=C(/C=C(\O)c1ccccc1)c1ccccc1.O=C(/C=C(\O)c1ccccc1)c1ccccc1.[Eu].[Eu]. The van der Waals surface area contributed by atoms with Crippen molar-refractivity contribution in [1.82, 2.24) is 19.9 Å². The maximum Gasteiger partial charge on any atom is 0.255 e. The van der Waals surface area contributed by atoms with Crippen molar-refractivity contribution in [2.75, 3.05) is 45.2 Å². The van der Waals surface area contributed by atoms with Crippen molar-refractivity contribution in [1.29, 1.82) is 0 Å². The predicted octanol–water partition coefficient (Wildman–Crippen LogP) is 15.4. The minimum Gasteiger partial charge on any atom is -0.507 e. The Morgan fingerprint density at radius 3 is 1.12 bits per heavy atom. The summed E-state index contributed by atoms with van der Waals surface area (Å²) in [5.74, 6) is -6.53. The molecule has 2 aliphatic heterocycles. The van der Waals surface area contributed by atoms with Gasteiger partial charge in [-0.3, -0.25) is 58.3 Å². The van der Waals surface area contributed by atoms with Gasteiger partial charge in [-0.2, -0.15) is 0 Å². The number of aliphatic hydroxyl groups is 2. The Morgan fingerprint density at radius 1 is 0.393 bits per heavy atom. The minimum atomic E-state index is -1.04. The fraction of sp³-hybridized carbons (Fsp3) is 0.0682. The van der Waals surface area contributed by atoms with E-state index >= 15 is 0 Å². The Labute approximate surface area is 725 Å². The number of imide groups is 2. The number of ketones is 2. The molecule has 7 aromatic carbocycles. The molecule has 0 saturated carbocycles. The van der Waals surface area contributed by atoms with E-state index in [-0.39, 0.29) is 167 Å². The number of anilines is 6. The standard InChI is InChI=1S/C58H44N10O8.2C15H12O2.2Eu/c1-59-35-26-33(53(69)65-45-18-10-24-63-51(45)43-16-3-5-22-61-43)28-37(30-35)67-55(71)41-14-8-20-47(49(41)57(67)73)75-39-12-7-13-40(32-39)76-48-21-9-15-42-50(48)58(74)68(56(42)72)38-29-34(27-36(31-38)60-2)54(70)66-46-19-11-25-64-52(46)44-17-4-6-23-62-44;2*16-14(12-7-3-1-4-8-12)11-15(17)13-9-5-2-6-10-13;;/h3-32,41-42,49-50,59-60H,1-2H3,(H,65,69)(H,66,70);2*1-11,16H;;/b;2*14-11-;;. The molecule has 2 saturated heterocycles. The Hall–Kier alpha value is -11.9. The summed E-state index contributed by atoms with van der Waals surface area (Å²) in [5, 5.41) is 31.5. The number of amides is 6. The van der Waals surface area contributed by atoms with Crippen LogP contribution in [0.2, 0.25) is 0 Å². The molecule has 556 valence electrons. The van der Waals surface area contributed by atoms with Crippen LogP contribution in [0.15, 0.2) is 328 Å². The van der Waals surface area contributed by atoms with Crippen molar-refractivity contribution in [2.24, 2.45) is 23.7 Å². The van der Waals surface area contributed by atoms with Gasteiger partial charge < -0.3 is 41.0 Å². The molecule has 4 unspecified atom stereocenters. The summed E-state index contributed by atoms with van der Waals surface area (Å²) in [4.78, 5) is 128. The number of carbonyl (C=O) groups excluding carboxylic acids is 8. The van der Waals surface area contributed by atoms with E-state index in [4.69, 9.17) is 9.47 Å². The maximum absolute atomic E-state index is 14.5. The van der Waals surface area contributed by atoms with Gasteiger partial charge in [0.15, 0.2) is 11.6 Å². The van der Waals surface area contributed by atoms with E-state index in [2.05, 4.69) is 41.2 Å². The maximum atomic E-state index is 14.5. The van der Waals surface area contributed by atoms with Gasteiger partial charge in [-0.1, -0.05) is 164 Å². The van der Waals surface area contributed by atoms with Crippen molar-refractivity contribution >= 4 is 92.7 Å². The number of aliphatic hydroxyl groups excluding tert-OH is 2. The number of benzene rings is 7. The van der Waals surface area contributed by atoms with E-state index in [0.29, 0.717) is 67.8 Å². The third-order valence-electron chi connectivity index (χ3n) is 17.9. The van der Waals surface area contributed by atoms with Crippen LogP contribution < -0.4 is 40.5 Å². The van der Waals surface area contributed by atoms with Crippen molar-refractivity contribution in [2.45, 2.75) is 0 Å². The van der Waals surface area contributed by atoms with Gasteiger partial charge in [-0.15, -0.1) is 0 Å². The Balaban J connectivity index is 0.000000281. The first-order valence-electron chi connectivity index (χ1n) is 34.7. The van der Waals surface area contributed by atoms with Crippen LogP contribution >= 0.6 is 0 Å². The van der Waals surface area contributed by atoms with E-state index in [1.807, 2.05) is 60.7 Å². The normalized spacial score (nSPS) is 15.8. The molecule has 2 aliphatic carbocycles. The first kappa shape index (κ1) is 81.1. The molecule has 4 aliphatic rings. The topological polar surface area (TPSA) is 302 Å². The van der Waals surface area contributed by atoms with Crippen LogP contribution in [0, 0.1) is 122 Å². The molecule has 15 rings (SSSR count). The number of carbonyl (C=O) groups is 8. The first-order valence-corrected chi connectivity index (χ1v) is 34.7. The van der Waals surface area contributed by atoms with Crippen LogP contribution in [0.1, 0.15) is 52.6 Å². The summed E-state index contributed by atoms with van der Waals surface area (Å²) in [7, 11) is 3.33. The van der Waals surface area contributed by atoms with E-state index < -0.39 is 59.1 Å². The van der Waals surface area contributed by atoms with Gasteiger partial charge in [0.05, 0.1) is 46.0 Å². The van der Waals surface area contributed by atoms with E-state index in [1.54, 1.807) is 245 Å². The number of allylic oxidation sites excluding steroid dienone is 6. The smallest absolute Gasteiger partial charge is 0.255 e. The first-order chi connectivity index (χ1) is 53.6. The van der Waals surface area contributed by atoms with Gasteiger partial charge in [0, 0.05) is 201 Å². The van der Waals surface area contributed by atoms with Gasteiger partial charge in [0.1, 0.15) is 57.8 Å². The van der Waals surface area contributed by atoms with Gasteiger partial charge >= 0.3 is 0 Å². The number of hydrogen-bond donors (Lipinski definition) is 6. The zero-order chi connectivity index (χ0) is 76.6. The summed E-state index contributed by atoms with van der Waals surface area (Å²) in [6, 6.07) is 69.2. The Morgan fingerprint density at radius 2 is 0.759 bits per heavy atom. The fourth-order valence-corrected chi connectivity index (χ4v) is 12.5. The molecule has 0 spiro atoms. The molecule has 22 nitrogen and oxygen atoms in total. The second-order valence-electron chi connectivity index (χ2n) is 25.0. The van der Waals surface area contributed by atoms with Crippen molar-refractivity contribution in [3.63, 3.8) is 0 Å². The molecule has 4 atom stereocenters. The molecular formula is C88H68Eu2N10O12. The molecule has 24 heteroatoms. The van der Waals surface area contributed by atoms with Crippen molar-refractivity contribution < 1.29 is 157 Å². The summed E-state index contributed by atoms with van der Waals surface area (Å²) in [5.41, 5.74) is 6.98. The largest absolute Gasteiger partial charge is 0.507 e. The van der Waals surface area contributed by atoms with Gasteiger partial charge in [-0.25, -0.2) is 9.80 Å². The monoisotopic (exact) mass is 1760 g/mol. The van der Waals surface area contributed by atoms with E-state index in [9.17, 15) is 48.6 Å². The summed E-state index contributed by atoms with van der Waals surface area (Å²) in [6.45, 7) is 0. The average molecular weight is 1760 g/mol. The van der Waals surface area contributed by atoms with Crippen LogP contribution in [0.4, 0.5) is 34.1 Å². The van der Waals surface area contributed by atoms with E-state index in [1.165, 1.54) is 24.3 Å². The van der Waals surface area contributed by atoms with Crippen LogP contribution in [0.3, 0.4) is 0 Å². The number of pyridine rings is 4. The number of hydrogen-bond acceptors (Lipinski definition) is 18. The molecule has 112 heavy (non-hydrogen) atoms. The quantitative estimate of drug-likeness (QED) is 0.0179.